The lowest BCUT2D eigenvalue weighted by atomic mass is 10.0. The molecular weight excluding hydrogens is 337 g/mol. The van der Waals surface area contributed by atoms with Crippen molar-refractivity contribution in [3.8, 4) is 0 Å². The van der Waals surface area contributed by atoms with Crippen molar-refractivity contribution in [2.45, 2.75) is 50.5 Å². The summed E-state index contributed by atoms with van der Waals surface area (Å²) >= 11 is 0. The highest BCUT2D eigenvalue weighted by atomic mass is 19.1. The second-order valence-corrected chi connectivity index (χ2v) is 7.41. The van der Waals surface area contributed by atoms with Crippen LogP contribution in [-0.2, 0) is 0 Å². The van der Waals surface area contributed by atoms with E-state index < -0.39 is 17.8 Å². The van der Waals surface area contributed by atoms with E-state index in [1.807, 2.05) is 0 Å². The molecule has 2 aliphatic carbocycles. The summed E-state index contributed by atoms with van der Waals surface area (Å²) in [5.41, 5.74) is 0.460. The molecule has 1 heterocycles. The van der Waals surface area contributed by atoms with Crippen LogP contribution in [0.3, 0.4) is 0 Å². The molecule has 2 aliphatic rings. The maximum absolute atomic E-state index is 14.0. The second kappa shape index (κ2) is 6.79. The van der Waals surface area contributed by atoms with Crippen LogP contribution in [0.4, 0.5) is 4.39 Å². The summed E-state index contributed by atoms with van der Waals surface area (Å²) < 4.78 is 19.4. The second-order valence-electron chi connectivity index (χ2n) is 7.41. The van der Waals surface area contributed by atoms with Gasteiger partial charge in [-0.2, -0.15) is 4.98 Å². The standard InChI is InChI=1S/C19H22FN3O3/c1-10-3-2-4-14(16(10)20)18(25)21-9-13-7-12(8-15(13)24)19-22-17(23-26-19)11-5-6-11/h2-4,11-13,15,24H,5-9H2,1H3,(H,21,25)/t12-,13+,15+/m0/s1. The molecule has 2 aromatic rings. The maximum atomic E-state index is 14.0. The Morgan fingerprint density at radius 3 is 2.92 bits per heavy atom. The van der Waals surface area contributed by atoms with Crippen molar-refractivity contribution in [1.82, 2.24) is 15.5 Å². The Labute approximate surface area is 150 Å². The summed E-state index contributed by atoms with van der Waals surface area (Å²) in [6, 6.07) is 4.74. The van der Waals surface area contributed by atoms with Crippen LogP contribution in [-0.4, -0.2) is 33.8 Å². The Bertz CT molecular complexity index is 818. The minimum Gasteiger partial charge on any atom is -0.393 e. The molecule has 1 aromatic carbocycles. The number of aliphatic hydroxyl groups is 1. The van der Waals surface area contributed by atoms with E-state index in [2.05, 4.69) is 15.5 Å². The molecule has 3 atom stereocenters. The molecular formula is C19H22FN3O3. The summed E-state index contributed by atoms with van der Waals surface area (Å²) in [7, 11) is 0. The van der Waals surface area contributed by atoms with E-state index in [-0.39, 0.29) is 23.9 Å². The van der Waals surface area contributed by atoms with E-state index in [9.17, 15) is 14.3 Å². The van der Waals surface area contributed by atoms with Crippen molar-refractivity contribution in [1.29, 1.82) is 0 Å². The van der Waals surface area contributed by atoms with Gasteiger partial charge in [-0.15, -0.1) is 0 Å². The van der Waals surface area contributed by atoms with E-state index >= 15 is 0 Å². The SMILES string of the molecule is Cc1cccc(C(=O)NC[C@H]2C[C@H](c3nc(C4CC4)no3)C[C@H]2O)c1F. The van der Waals surface area contributed by atoms with Gasteiger partial charge in [-0.3, -0.25) is 4.79 Å². The van der Waals surface area contributed by atoms with Gasteiger partial charge in [0.2, 0.25) is 5.89 Å². The Balaban J connectivity index is 1.36. The quantitative estimate of drug-likeness (QED) is 0.857. The van der Waals surface area contributed by atoms with Crippen LogP contribution in [0.15, 0.2) is 22.7 Å². The van der Waals surface area contributed by atoms with Gasteiger partial charge < -0.3 is 14.9 Å². The van der Waals surface area contributed by atoms with Gasteiger partial charge in [-0.1, -0.05) is 17.3 Å². The zero-order valence-corrected chi connectivity index (χ0v) is 14.6. The topological polar surface area (TPSA) is 88.3 Å². The number of hydrogen-bond acceptors (Lipinski definition) is 5. The third kappa shape index (κ3) is 3.35. The van der Waals surface area contributed by atoms with Gasteiger partial charge >= 0.3 is 0 Å². The number of aliphatic hydroxyl groups excluding tert-OH is 1. The number of aryl methyl sites for hydroxylation is 1. The molecule has 0 unspecified atom stereocenters. The molecule has 7 heteroatoms. The molecule has 2 fully saturated rings. The number of amides is 1. The number of carbonyl (C=O) groups is 1. The van der Waals surface area contributed by atoms with Crippen LogP contribution < -0.4 is 5.32 Å². The van der Waals surface area contributed by atoms with Gasteiger partial charge in [0, 0.05) is 24.3 Å². The fourth-order valence-electron chi connectivity index (χ4n) is 3.59. The monoisotopic (exact) mass is 359 g/mol. The third-order valence-electron chi connectivity index (χ3n) is 5.37. The average molecular weight is 359 g/mol. The van der Waals surface area contributed by atoms with Crippen LogP contribution in [0.25, 0.3) is 0 Å². The van der Waals surface area contributed by atoms with Gasteiger partial charge in [0.1, 0.15) is 5.82 Å². The van der Waals surface area contributed by atoms with E-state index in [0.717, 1.165) is 18.7 Å². The molecule has 0 spiro atoms. The van der Waals surface area contributed by atoms with Gasteiger partial charge in [0.15, 0.2) is 5.82 Å². The van der Waals surface area contributed by atoms with Crippen LogP contribution in [0.2, 0.25) is 0 Å². The number of nitrogens with zero attached hydrogens (tertiary/aromatic N) is 2. The number of rotatable bonds is 5. The normalized spacial score (nSPS) is 25.4. The van der Waals surface area contributed by atoms with Crippen molar-refractivity contribution >= 4 is 5.91 Å². The number of benzene rings is 1. The first-order valence-electron chi connectivity index (χ1n) is 9.07. The summed E-state index contributed by atoms with van der Waals surface area (Å²) in [5, 5.41) is 17.1. The molecule has 26 heavy (non-hydrogen) atoms. The molecule has 2 saturated carbocycles. The number of halogens is 1. The fourth-order valence-corrected chi connectivity index (χ4v) is 3.59. The molecule has 0 radical (unpaired) electrons. The van der Waals surface area contributed by atoms with Crippen molar-refractivity contribution in [3.05, 3.63) is 46.9 Å². The highest BCUT2D eigenvalue weighted by Crippen LogP contribution is 2.41. The summed E-state index contributed by atoms with van der Waals surface area (Å²) in [4.78, 5) is 16.7. The van der Waals surface area contributed by atoms with Crippen LogP contribution in [0.5, 0.6) is 0 Å². The predicted octanol–water partition coefficient (Wildman–Crippen LogP) is 2.68. The van der Waals surface area contributed by atoms with Gasteiger partial charge in [-0.05, 0) is 44.2 Å². The van der Waals surface area contributed by atoms with E-state index in [0.29, 0.717) is 30.2 Å². The zero-order valence-electron chi connectivity index (χ0n) is 14.6. The molecule has 6 nitrogen and oxygen atoms in total. The van der Waals surface area contributed by atoms with Crippen LogP contribution in [0.1, 0.15) is 65.2 Å². The number of carbonyl (C=O) groups excluding carboxylic acids is 1. The molecule has 1 amide bonds. The molecule has 0 aliphatic heterocycles. The van der Waals surface area contributed by atoms with Crippen molar-refractivity contribution in [2.75, 3.05) is 6.54 Å². The van der Waals surface area contributed by atoms with E-state index in [1.165, 1.54) is 6.07 Å². The predicted molar refractivity (Wildman–Crippen MR) is 91.2 cm³/mol. The first-order valence-corrected chi connectivity index (χ1v) is 9.07. The smallest absolute Gasteiger partial charge is 0.254 e. The minimum atomic E-state index is -0.557. The molecule has 0 saturated heterocycles. The zero-order chi connectivity index (χ0) is 18.3. The largest absolute Gasteiger partial charge is 0.393 e. The van der Waals surface area contributed by atoms with Gasteiger partial charge in [0.25, 0.3) is 5.91 Å². The van der Waals surface area contributed by atoms with Crippen molar-refractivity contribution < 1.29 is 18.8 Å². The van der Waals surface area contributed by atoms with Gasteiger partial charge in [-0.25, -0.2) is 4.39 Å². The molecule has 0 bridgehead atoms. The lowest BCUT2D eigenvalue weighted by Crippen LogP contribution is -2.33. The minimum absolute atomic E-state index is 0.00241. The maximum Gasteiger partial charge on any atom is 0.254 e. The van der Waals surface area contributed by atoms with Crippen molar-refractivity contribution in [3.63, 3.8) is 0 Å². The van der Waals surface area contributed by atoms with Crippen molar-refractivity contribution in [2.24, 2.45) is 5.92 Å². The summed E-state index contributed by atoms with van der Waals surface area (Å²) in [6.07, 6.45) is 2.85. The van der Waals surface area contributed by atoms with Crippen LogP contribution in [0, 0.1) is 18.7 Å². The molecule has 1 aromatic heterocycles. The number of aromatic nitrogens is 2. The molecule has 2 N–H and O–H groups in total. The number of hydrogen-bond donors (Lipinski definition) is 2. The van der Waals surface area contributed by atoms with Gasteiger partial charge in [0.05, 0.1) is 11.7 Å². The first kappa shape index (κ1) is 17.1. The third-order valence-corrected chi connectivity index (χ3v) is 5.37. The van der Waals surface area contributed by atoms with E-state index in [1.54, 1.807) is 19.1 Å². The molecule has 4 rings (SSSR count). The Morgan fingerprint density at radius 1 is 1.35 bits per heavy atom. The highest BCUT2D eigenvalue weighted by molar-refractivity contribution is 5.94. The van der Waals surface area contributed by atoms with E-state index in [4.69, 9.17) is 4.52 Å². The fraction of sp³-hybridized carbons (Fsp3) is 0.526. The Morgan fingerprint density at radius 2 is 2.15 bits per heavy atom. The molecule has 138 valence electrons. The number of nitrogens with one attached hydrogen (secondary N) is 1. The highest BCUT2D eigenvalue weighted by Gasteiger charge is 2.38. The van der Waals surface area contributed by atoms with Crippen LogP contribution >= 0.6 is 0 Å². The Hall–Kier alpha value is -2.28. The lowest BCUT2D eigenvalue weighted by Gasteiger charge is -2.15. The summed E-state index contributed by atoms with van der Waals surface area (Å²) in [6.45, 7) is 1.91. The lowest BCUT2D eigenvalue weighted by molar-refractivity contribution is 0.0912. The summed E-state index contributed by atoms with van der Waals surface area (Å²) in [5.74, 6) is 0.684. The Kier molecular flexibility index (Phi) is 4.48. The first-order chi connectivity index (χ1) is 12.5. The average Bonchev–Trinajstić information content (AvgIpc) is 3.23.